The van der Waals surface area contributed by atoms with Crippen molar-refractivity contribution in [2.24, 2.45) is 29.6 Å². The molecule has 204 valence electrons. The van der Waals surface area contributed by atoms with Crippen LogP contribution in [-0.2, 0) is 23.9 Å². The first-order valence-corrected chi connectivity index (χ1v) is 12.8. The van der Waals surface area contributed by atoms with Gasteiger partial charge >= 0.3 is 11.9 Å². The van der Waals surface area contributed by atoms with E-state index >= 15 is 0 Å². The molecule has 0 fully saturated rings. The van der Waals surface area contributed by atoms with Crippen LogP contribution in [0.3, 0.4) is 0 Å². The van der Waals surface area contributed by atoms with E-state index in [0.717, 1.165) is 32.1 Å². The summed E-state index contributed by atoms with van der Waals surface area (Å²) in [6.07, 6.45) is 9.31. The maximum atomic E-state index is 11.3. The Bertz CT molecular complexity index is 639. The molecule has 8 nitrogen and oxygen atoms in total. The van der Waals surface area contributed by atoms with Crippen molar-refractivity contribution >= 4 is 18.3 Å². The molecule has 2 N–H and O–H groups in total. The van der Waals surface area contributed by atoms with Gasteiger partial charge < -0.3 is 24.6 Å². The lowest BCUT2D eigenvalue weighted by Crippen LogP contribution is -2.33. The summed E-state index contributed by atoms with van der Waals surface area (Å²) in [5.41, 5.74) is 0. The fourth-order valence-corrected chi connectivity index (χ4v) is 4.94. The molecule has 0 saturated heterocycles. The highest BCUT2D eigenvalue weighted by molar-refractivity contribution is 5.66. The van der Waals surface area contributed by atoms with Crippen molar-refractivity contribution in [1.82, 2.24) is 4.90 Å². The van der Waals surface area contributed by atoms with Crippen LogP contribution in [0.25, 0.3) is 0 Å². The Morgan fingerprint density at radius 1 is 0.943 bits per heavy atom. The van der Waals surface area contributed by atoms with Crippen molar-refractivity contribution in [2.75, 3.05) is 21.3 Å². The third-order valence-electron chi connectivity index (χ3n) is 7.41. The van der Waals surface area contributed by atoms with Gasteiger partial charge in [0.25, 0.3) is 0 Å². The molecule has 0 heterocycles. The van der Waals surface area contributed by atoms with Gasteiger partial charge in [0.15, 0.2) is 0 Å². The van der Waals surface area contributed by atoms with E-state index in [-0.39, 0.29) is 48.7 Å². The number of carbonyl (C=O) groups is 3. The first kappa shape index (κ1) is 33.1. The molecule has 0 aromatic rings. The minimum atomic E-state index is -0.802. The quantitative estimate of drug-likeness (QED) is 0.212. The maximum Gasteiger partial charge on any atom is 0.303 e. The number of carbonyl (C=O) groups excluding carboxylic acids is 1. The summed E-state index contributed by atoms with van der Waals surface area (Å²) in [6.45, 7) is 8.40. The minimum Gasteiger partial charge on any atom is -0.481 e. The molecule has 0 aromatic carbocycles. The van der Waals surface area contributed by atoms with Gasteiger partial charge in [-0.05, 0) is 55.8 Å². The van der Waals surface area contributed by atoms with Crippen LogP contribution in [0, 0.1) is 29.6 Å². The number of aliphatic carboxylic acids is 2. The second kappa shape index (κ2) is 18.4. The Hall–Kier alpha value is -1.93. The van der Waals surface area contributed by atoms with Crippen molar-refractivity contribution < 1.29 is 34.1 Å². The van der Waals surface area contributed by atoms with Crippen molar-refractivity contribution in [3.05, 3.63) is 12.3 Å². The fourth-order valence-electron chi connectivity index (χ4n) is 4.94. The van der Waals surface area contributed by atoms with Gasteiger partial charge in [0.2, 0.25) is 6.41 Å². The molecule has 35 heavy (non-hydrogen) atoms. The maximum absolute atomic E-state index is 11.3. The first-order chi connectivity index (χ1) is 16.5. The lowest BCUT2D eigenvalue weighted by molar-refractivity contribution is -0.138. The highest BCUT2D eigenvalue weighted by Gasteiger charge is 2.30. The number of hydrogen-bond donors (Lipinski definition) is 2. The smallest absolute Gasteiger partial charge is 0.303 e. The van der Waals surface area contributed by atoms with Crippen LogP contribution < -0.4 is 0 Å². The van der Waals surface area contributed by atoms with E-state index in [4.69, 9.17) is 14.6 Å². The monoisotopic (exact) mass is 499 g/mol. The van der Waals surface area contributed by atoms with E-state index in [1.54, 1.807) is 27.5 Å². The van der Waals surface area contributed by atoms with Crippen molar-refractivity contribution in [3.63, 3.8) is 0 Å². The molecule has 0 aromatic heterocycles. The predicted molar refractivity (Wildman–Crippen MR) is 137 cm³/mol. The van der Waals surface area contributed by atoms with E-state index in [1.807, 2.05) is 13.0 Å². The normalized spacial score (nSPS) is 17.8. The summed E-state index contributed by atoms with van der Waals surface area (Å²) in [5.74, 6) is -0.682. The molecule has 0 spiro atoms. The third kappa shape index (κ3) is 13.7. The Balaban J connectivity index is 5.31. The largest absolute Gasteiger partial charge is 0.481 e. The van der Waals surface area contributed by atoms with E-state index in [9.17, 15) is 19.5 Å². The van der Waals surface area contributed by atoms with Gasteiger partial charge in [0, 0.05) is 46.2 Å². The van der Waals surface area contributed by atoms with Gasteiger partial charge in [-0.2, -0.15) is 0 Å². The molecule has 0 saturated carbocycles. The molecular weight excluding hydrogens is 450 g/mol. The highest BCUT2D eigenvalue weighted by atomic mass is 16.5. The van der Waals surface area contributed by atoms with Crippen LogP contribution in [0.2, 0.25) is 0 Å². The standard InChI is InChI=1S/C27H49NO7/c1-8-22(10-13-25(30)31)17-24(34-6)19(2)9-11-23(12-14-26(32)33)21(4)27(35-7)20(3)15-16-28(5)18-29/h15-16,18-24,27H,8-14,17H2,1-7H3,(H,30,31)(H,32,33)/b16-15+/t19-,20+,21-,22+,23-,24-,27-/m0/s1. The zero-order chi connectivity index (χ0) is 27.0. The molecule has 0 radical (unpaired) electrons. The van der Waals surface area contributed by atoms with Crippen molar-refractivity contribution in [3.8, 4) is 0 Å². The molecule has 1 amide bonds. The van der Waals surface area contributed by atoms with Crippen LogP contribution in [0.1, 0.15) is 79.1 Å². The third-order valence-corrected chi connectivity index (χ3v) is 7.41. The molecule has 0 aliphatic rings. The van der Waals surface area contributed by atoms with Crippen LogP contribution in [0.15, 0.2) is 12.3 Å². The van der Waals surface area contributed by atoms with Gasteiger partial charge in [-0.25, -0.2) is 0 Å². The number of amides is 1. The van der Waals surface area contributed by atoms with E-state index in [2.05, 4.69) is 20.8 Å². The lowest BCUT2D eigenvalue weighted by Gasteiger charge is -2.34. The second-order valence-electron chi connectivity index (χ2n) is 9.99. The SMILES string of the molecule is CC[C@H](CCC(=O)O)C[C@H](OC)[C@@H](C)CC[C@@H](CCC(=O)O)[C@H](C)[C@@H](OC)[C@H](C)/C=C/N(C)C=O. The summed E-state index contributed by atoms with van der Waals surface area (Å²) in [7, 11) is 5.06. The number of rotatable bonds is 21. The lowest BCUT2D eigenvalue weighted by atomic mass is 9.77. The molecule has 0 bridgehead atoms. The Morgan fingerprint density at radius 3 is 2.03 bits per heavy atom. The van der Waals surface area contributed by atoms with Crippen LogP contribution in [0.4, 0.5) is 0 Å². The number of hydrogen-bond acceptors (Lipinski definition) is 5. The van der Waals surface area contributed by atoms with E-state index in [0.29, 0.717) is 18.8 Å². The number of carboxylic acids is 2. The fraction of sp³-hybridized carbons (Fsp3) is 0.815. The molecule has 0 rings (SSSR count). The van der Waals surface area contributed by atoms with Gasteiger partial charge in [-0.3, -0.25) is 14.4 Å². The summed E-state index contributed by atoms with van der Waals surface area (Å²) >= 11 is 0. The number of ether oxygens (including phenoxy) is 2. The zero-order valence-electron chi connectivity index (χ0n) is 22.8. The topological polar surface area (TPSA) is 113 Å². The Labute approximate surface area is 212 Å². The van der Waals surface area contributed by atoms with Crippen LogP contribution >= 0.6 is 0 Å². The van der Waals surface area contributed by atoms with Crippen molar-refractivity contribution in [2.45, 2.75) is 91.3 Å². The van der Waals surface area contributed by atoms with Crippen LogP contribution in [-0.4, -0.2) is 66.9 Å². The number of carboxylic acid groups (broad SMARTS) is 2. The predicted octanol–water partition coefficient (Wildman–Crippen LogP) is 5.07. The molecule has 0 aliphatic heterocycles. The Kier molecular flexibility index (Phi) is 17.3. The second-order valence-corrected chi connectivity index (χ2v) is 9.99. The number of nitrogens with zero attached hydrogens (tertiary/aromatic N) is 1. The van der Waals surface area contributed by atoms with Gasteiger partial charge in [0.1, 0.15) is 0 Å². The van der Waals surface area contributed by atoms with E-state index in [1.165, 1.54) is 4.90 Å². The molecule has 0 unspecified atom stereocenters. The van der Waals surface area contributed by atoms with E-state index < -0.39 is 11.9 Å². The minimum absolute atomic E-state index is 0.0307. The average molecular weight is 500 g/mol. The first-order valence-electron chi connectivity index (χ1n) is 12.8. The Morgan fingerprint density at radius 2 is 1.54 bits per heavy atom. The molecule has 0 aliphatic carbocycles. The molecule has 7 atom stereocenters. The van der Waals surface area contributed by atoms with Gasteiger partial charge in [0.05, 0.1) is 12.2 Å². The summed E-state index contributed by atoms with van der Waals surface area (Å²) < 4.78 is 11.6. The number of methoxy groups -OCH3 is 2. The van der Waals surface area contributed by atoms with Gasteiger partial charge in [-0.15, -0.1) is 0 Å². The summed E-state index contributed by atoms with van der Waals surface area (Å²) in [4.78, 5) is 34.6. The van der Waals surface area contributed by atoms with Crippen LogP contribution in [0.5, 0.6) is 0 Å². The average Bonchev–Trinajstić information content (AvgIpc) is 2.82. The highest BCUT2D eigenvalue weighted by Crippen LogP contribution is 2.33. The summed E-state index contributed by atoms with van der Waals surface area (Å²) in [5, 5.41) is 18.3. The summed E-state index contributed by atoms with van der Waals surface area (Å²) in [6, 6.07) is 0. The zero-order valence-corrected chi connectivity index (χ0v) is 22.8. The molecular formula is C27H49NO7. The van der Waals surface area contributed by atoms with Crippen molar-refractivity contribution in [1.29, 1.82) is 0 Å². The van der Waals surface area contributed by atoms with Gasteiger partial charge in [-0.1, -0.05) is 40.2 Å². The molecule has 8 heteroatoms.